The molecule has 3 heteroatoms. The summed E-state index contributed by atoms with van der Waals surface area (Å²) in [6, 6.07) is 8.48. The largest absolute Gasteiger partial charge is 0.328 e. The van der Waals surface area contributed by atoms with Crippen LogP contribution in [0.5, 0.6) is 0 Å². The molecule has 0 aliphatic heterocycles. The van der Waals surface area contributed by atoms with Crippen LogP contribution in [0.2, 0.25) is 0 Å². The van der Waals surface area contributed by atoms with E-state index >= 15 is 0 Å². The molecule has 0 radical (unpaired) electrons. The van der Waals surface area contributed by atoms with Crippen molar-refractivity contribution in [1.29, 1.82) is 0 Å². The minimum atomic E-state index is 0.699. The first kappa shape index (κ1) is 15.0. The number of para-hydroxylation sites is 2. The molecule has 1 aromatic heterocycles. The monoisotopic (exact) mass is 273 g/mol. The van der Waals surface area contributed by atoms with E-state index in [2.05, 4.69) is 54.9 Å². The van der Waals surface area contributed by atoms with Crippen molar-refractivity contribution in [1.82, 2.24) is 14.9 Å². The Balaban J connectivity index is 2.10. The summed E-state index contributed by atoms with van der Waals surface area (Å²) in [5.74, 6) is 1.95. The Morgan fingerprint density at radius 2 is 2.05 bits per heavy atom. The summed E-state index contributed by atoms with van der Waals surface area (Å²) in [6.07, 6.45) is 3.42. The second-order valence-corrected chi connectivity index (χ2v) is 5.62. The Kier molecular flexibility index (Phi) is 5.60. The Hall–Kier alpha value is -1.35. The first-order chi connectivity index (χ1) is 9.76. The van der Waals surface area contributed by atoms with Crippen LogP contribution < -0.4 is 5.32 Å². The predicted octanol–water partition coefficient (Wildman–Crippen LogP) is 3.62. The van der Waals surface area contributed by atoms with Gasteiger partial charge in [-0.3, -0.25) is 0 Å². The maximum atomic E-state index is 4.83. The van der Waals surface area contributed by atoms with Crippen LogP contribution in [-0.4, -0.2) is 22.6 Å². The maximum Gasteiger partial charge on any atom is 0.109 e. The third kappa shape index (κ3) is 3.60. The molecule has 110 valence electrons. The van der Waals surface area contributed by atoms with Gasteiger partial charge in [0, 0.05) is 13.0 Å². The Bertz CT molecular complexity index is 530. The van der Waals surface area contributed by atoms with Gasteiger partial charge >= 0.3 is 0 Å². The minimum Gasteiger partial charge on any atom is -0.328 e. The molecule has 0 spiro atoms. The number of rotatable bonds is 8. The van der Waals surface area contributed by atoms with Crippen LogP contribution in [0.1, 0.15) is 39.4 Å². The number of hydrogen-bond donors (Lipinski definition) is 1. The highest BCUT2D eigenvalue weighted by Gasteiger charge is 2.11. The Labute approximate surface area is 122 Å². The molecular formula is C17H27N3. The zero-order valence-corrected chi connectivity index (χ0v) is 13.0. The summed E-state index contributed by atoms with van der Waals surface area (Å²) in [5, 5.41) is 3.42. The van der Waals surface area contributed by atoms with Crippen LogP contribution in [0.15, 0.2) is 24.3 Å². The van der Waals surface area contributed by atoms with Gasteiger partial charge in [-0.15, -0.1) is 0 Å². The summed E-state index contributed by atoms with van der Waals surface area (Å²) in [4.78, 5) is 4.83. The number of aryl methyl sites for hydroxylation is 2. The highest BCUT2D eigenvalue weighted by Crippen LogP contribution is 2.18. The second-order valence-electron chi connectivity index (χ2n) is 5.62. The van der Waals surface area contributed by atoms with Crippen molar-refractivity contribution < 1.29 is 0 Å². The van der Waals surface area contributed by atoms with Crippen LogP contribution >= 0.6 is 0 Å². The zero-order valence-electron chi connectivity index (χ0n) is 13.0. The Morgan fingerprint density at radius 1 is 1.25 bits per heavy atom. The number of benzene rings is 1. The summed E-state index contributed by atoms with van der Waals surface area (Å²) in [6.45, 7) is 9.93. The molecule has 1 atom stereocenters. The predicted molar refractivity (Wildman–Crippen MR) is 86.1 cm³/mol. The van der Waals surface area contributed by atoms with Gasteiger partial charge in [-0.1, -0.05) is 32.9 Å². The molecular weight excluding hydrogens is 246 g/mol. The normalized spacial score (nSPS) is 12.9. The molecule has 0 saturated carbocycles. The minimum absolute atomic E-state index is 0.699. The molecule has 1 unspecified atom stereocenters. The van der Waals surface area contributed by atoms with E-state index in [0.29, 0.717) is 5.92 Å². The van der Waals surface area contributed by atoms with Gasteiger partial charge in [0.1, 0.15) is 5.82 Å². The lowest BCUT2D eigenvalue weighted by Gasteiger charge is -2.12. The third-order valence-corrected chi connectivity index (χ3v) is 3.78. The highest BCUT2D eigenvalue weighted by molar-refractivity contribution is 5.75. The van der Waals surface area contributed by atoms with Crippen LogP contribution in [-0.2, 0) is 13.0 Å². The first-order valence-corrected chi connectivity index (χ1v) is 7.91. The maximum absolute atomic E-state index is 4.83. The van der Waals surface area contributed by atoms with Crippen LogP contribution in [0.3, 0.4) is 0 Å². The number of imidazole rings is 1. The van der Waals surface area contributed by atoms with Crippen LogP contribution in [0.4, 0.5) is 0 Å². The molecule has 20 heavy (non-hydrogen) atoms. The fraction of sp³-hybridized carbons (Fsp3) is 0.588. The summed E-state index contributed by atoms with van der Waals surface area (Å²) < 4.78 is 2.40. The molecule has 0 amide bonds. The van der Waals surface area contributed by atoms with Crippen molar-refractivity contribution in [2.45, 2.75) is 46.6 Å². The van der Waals surface area contributed by atoms with Crippen LogP contribution in [0.25, 0.3) is 11.0 Å². The molecule has 2 rings (SSSR count). The Morgan fingerprint density at radius 3 is 2.80 bits per heavy atom. The van der Waals surface area contributed by atoms with Gasteiger partial charge in [-0.2, -0.15) is 0 Å². The van der Waals surface area contributed by atoms with Crippen molar-refractivity contribution in [3.8, 4) is 0 Å². The molecule has 0 fully saturated rings. The van der Waals surface area contributed by atoms with Crippen molar-refractivity contribution >= 4 is 11.0 Å². The van der Waals surface area contributed by atoms with Gasteiger partial charge in [0.25, 0.3) is 0 Å². The topological polar surface area (TPSA) is 29.9 Å². The summed E-state index contributed by atoms with van der Waals surface area (Å²) in [5.41, 5.74) is 2.42. The third-order valence-electron chi connectivity index (χ3n) is 3.78. The number of hydrogen-bond acceptors (Lipinski definition) is 2. The molecule has 3 nitrogen and oxygen atoms in total. The molecule has 1 heterocycles. The SMILES string of the molecule is CCCn1c(CCC(C)CNCC)nc2ccccc21. The van der Waals surface area contributed by atoms with E-state index in [0.717, 1.165) is 38.0 Å². The smallest absolute Gasteiger partial charge is 0.109 e. The van der Waals surface area contributed by atoms with Gasteiger partial charge in [0.15, 0.2) is 0 Å². The van der Waals surface area contributed by atoms with Crippen molar-refractivity contribution in [2.24, 2.45) is 5.92 Å². The molecule has 0 bridgehead atoms. The molecule has 0 saturated heterocycles. The average molecular weight is 273 g/mol. The molecule has 0 aliphatic carbocycles. The van der Waals surface area contributed by atoms with E-state index in [9.17, 15) is 0 Å². The first-order valence-electron chi connectivity index (χ1n) is 7.91. The molecule has 2 aromatic rings. The van der Waals surface area contributed by atoms with E-state index < -0.39 is 0 Å². The van der Waals surface area contributed by atoms with Crippen molar-refractivity contribution in [3.63, 3.8) is 0 Å². The fourth-order valence-corrected chi connectivity index (χ4v) is 2.66. The summed E-state index contributed by atoms with van der Waals surface area (Å²) in [7, 11) is 0. The van der Waals surface area contributed by atoms with E-state index in [4.69, 9.17) is 4.98 Å². The van der Waals surface area contributed by atoms with Gasteiger partial charge in [-0.05, 0) is 44.0 Å². The van der Waals surface area contributed by atoms with E-state index in [1.807, 2.05) is 0 Å². The highest BCUT2D eigenvalue weighted by atomic mass is 15.1. The van der Waals surface area contributed by atoms with Gasteiger partial charge in [0.05, 0.1) is 11.0 Å². The lowest BCUT2D eigenvalue weighted by atomic mass is 10.1. The van der Waals surface area contributed by atoms with E-state index in [1.54, 1.807) is 0 Å². The molecule has 1 aromatic carbocycles. The second kappa shape index (κ2) is 7.44. The summed E-state index contributed by atoms with van der Waals surface area (Å²) >= 11 is 0. The van der Waals surface area contributed by atoms with Gasteiger partial charge < -0.3 is 9.88 Å². The fourth-order valence-electron chi connectivity index (χ4n) is 2.66. The average Bonchev–Trinajstić information content (AvgIpc) is 2.81. The number of fused-ring (bicyclic) bond motifs is 1. The lowest BCUT2D eigenvalue weighted by Crippen LogP contribution is -2.21. The van der Waals surface area contributed by atoms with Crippen LogP contribution in [0, 0.1) is 5.92 Å². The number of aromatic nitrogens is 2. The molecule has 0 aliphatic rings. The number of nitrogens with one attached hydrogen (secondary N) is 1. The van der Waals surface area contributed by atoms with E-state index in [-0.39, 0.29) is 0 Å². The quantitative estimate of drug-likeness (QED) is 0.796. The number of nitrogens with zero attached hydrogens (tertiary/aromatic N) is 2. The lowest BCUT2D eigenvalue weighted by molar-refractivity contribution is 0.478. The van der Waals surface area contributed by atoms with Crippen molar-refractivity contribution in [3.05, 3.63) is 30.1 Å². The zero-order chi connectivity index (χ0) is 14.4. The van der Waals surface area contributed by atoms with E-state index in [1.165, 1.54) is 17.8 Å². The van der Waals surface area contributed by atoms with Gasteiger partial charge in [0.2, 0.25) is 0 Å². The van der Waals surface area contributed by atoms with Crippen molar-refractivity contribution in [2.75, 3.05) is 13.1 Å². The standard InChI is InChI=1S/C17H27N3/c1-4-12-20-16-9-7-6-8-15(16)19-17(20)11-10-14(3)13-18-5-2/h6-9,14,18H,4-5,10-13H2,1-3H3. The van der Waals surface area contributed by atoms with Gasteiger partial charge in [-0.25, -0.2) is 4.98 Å². The molecule has 1 N–H and O–H groups in total.